The Kier molecular flexibility index (Phi) is 5.73. The second kappa shape index (κ2) is 8.03. The third-order valence-corrected chi connectivity index (χ3v) is 6.15. The summed E-state index contributed by atoms with van der Waals surface area (Å²) in [6.07, 6.45) is 0. The molecule has 27 heavy (non-hydrogen) atoms. The average molecular weight is 406 g/mol. The molecule has 1 aromatic heterocycles. The molecule has 0 unspecified atom stereocenters. The van der Waals surface area contributed by atoms with Crippen molar-refractivity contribution in [2.24, 2.45) is 0 Å². The van der Waals surface area contributed by atoms with Gasteiger partial charge in [0.2, 0.25) is 10.0 Å². The highest BCUT2D eigenvalue weighted by Gasteiger charge is 2.15. The average Bonchev–Trinajstić information content (AvgIpc) is 3.03. The summed E-state index contributed by atoms with van der Waals surface area (Å²) in [4.78, 5) is 16.9. The number of nitrogens with one attached hydrogen (secondary N) is 2. The molecule has 0 aliphatic carbocycles. The highest BCUT2D eigenvalue weighted by Crippen LogP contribution is 2.29. The number of carbonyl (C=O) groups is 1. The molecule has 9 heteroatoms. The number of anilines is 1. The highest BCUT2D eigenvalue weighted by atomic mass is 32.2. The number of amides is 1. The molecule has 2 N–H and O–H groups in total. The standard InChI is InChI=1S/C18H19N3O4S2/c1-3-19-27(23,24)14-8-5-12(6-9-14)17(22)21-18-20-15-10-7-13(25-4-2)11-16(15)26-18/h5-11,19H,3-4H2,1-2H3,(H,20,21,22). The van der Waals surface area contributed by atoms with Gasteiger partial charge in [-0.2, -0.15) is 0 Å². The van der Waals surface area contributed by atoms with Crippen LogP contribution in [0.15, 0.2) is 47.4 Å². The predicted octanol–water partition coefficient (Wildman–Crippen LogP) is 3.25. The minimum absolute atomic E-state index is 0.115. The molecule has 0 aliphatic heterocycles. The van der Waals surface area contributed by atoms with Crippen molar-refractivity contribution in [1.82, 2.24) is 9.71 Å². The third-order valence-electron chi connectivity index (χ3n) is 3.65. The van der Waals surface area contributed by atoms with Crippen LogP contribution in [0.5, 0.6) is 5.75 Å². The minimum Gasteiger partial charge on any atom is -0.494 e. The van der Waals surface area contributed by atoms with E-state index in [1.54, 1.807) is 6.92 Å². The number of aromatic nitrogens is 1. The van der Waals surface area contributed by atoms with Gasteiger partial charge in [-0.1, -0.05) is 18.3 Å². The van der Waals surface area contributed by atoms with Crippen LogP contribution in [0.1, 0.15) is 24.2 Å². The van der Waals surface area contributed by atoms with Crippen LogP contribution < -0.4 is 14.8 Å². The lowest BCUT2D eigenvalue weighted by Gasteiger charge is -2.06. The van der Waals surface area contributed by atoms with Crippen LogP contribution >= 0.6 is 11.3 Å². The second-order valence-electron chi connectivity index (χ2n) is 5.56. The lowest BCUT2D eigenvalue weighted by Crippen LogP contribution is -2.23. The van der Waals surface area contributed by atoms with Crippen molar-refractivity contribution in [3.63, 3.8) is 0 Å². The van der Waals surface area contributed by atoms with Crippen molar-refractivity contribution < 1.29 is 17.9 Å². The molecule has 0 fully saturated rings. The molecular weight excluding hydrogens is 386 g/mol. The third kappa shape index (κ3) is 4.44. The van der Waals surface area contributed by atoms with Gasteiger partial charge in [0, 0.05) is 12.1 Å². The van der Waals surface area contributed by atoms with E-state index in [4.69, 9.17) is 4.74 Å². The second-order valence-corrected chi connectivity index (χ2v) is 8.36. The molecule has 0 atom stereocenters. The SMILES string of the molecule is CCNS(=O)(=O)c1ccc(C(=O)Nc2nc3ccc(OCC)cc3s2)cc1. The van der Waals surface area contributed by atoms with Crippen molar-refractivity contribution in [2.45, 2.75) is 18.7 Å². The Bertz CT molecular complexity index is 1060. The van der Waals surface area contributed by atoms with E-state index in [0.717, 1.165) is 16.0 Å². The van der Waals surface area contributed by atoms with Crippen LogP contribution in [0.25, 0.3) is 10.2 Å². The largest absolute Gasteiger partial charge is 0.494 e. The van der Waals surface area contributed by atoms with E-state index in [-0.39, 0.29) is 10.8 Å². The van der Waals surface area contributed by atoms with Crippen molar-refractivity contribution in [2.75, 3.05) is 18.5 Å². The van der Waals surface area contributed by atoms with Crippen LogP contribution in [0, 0.1) is 0 Å². The zero-order chi connectivity index (χ0) is 19.4. The fourth-order valence-corrected chi connectivity index (χ4v) is 4.37. The number of rotatable bonds is 7. The Hall–Kier alpha value is -2.49. The van der Waals surface area contributed by atoms with Gasteiger partial charge in [-0.3, -0.25) is 10.1 Å². The van der Waals surface area contributed by atoms with E-state index in [2.05, 4.69) is 15.0 Å². The van der Waals surface area contributed by atoms with Crippen LogP contribution in [0.2, 0.25) is 0 Å². The Morgan fingerprint density at radius 1 is 1.15 bits per heavy atom. The summed E-state index contributed by atoms with van der Waals surface area (Å²) in [7, 11) is -3.54. The number of hydrogen-bond donors (Lipinski definition) is 2. The molecule has 7 nitrogen and oxygen atoms in total. The van der Waals surface area contributed by atoms with E-state index in [1.807, 2.05) is 25.1 Å². The fourth-order valence-electron chi connectivity index (χ4n) is 2.44. The maximum Gasteiger partial charge on any atom is 0.257 e. The van der Waals surface area contributed by atoms with Gasteiger partial charge in [0.25, 0.3) is 5.91 Å². The number of ether oxygens (including phenoxy) is 1. The van der Waals surface area contributed by atoms with Crippen molar-refractivity contribution in [3.8, 4) is 5.75 Å². The summed E-state index contributed by atoms with van der Waals surface area (Å²) < 4.78 is 32.7. The van der Waals surface area contributed by atoms with Gasteiger partial charge < -0.3 is 4.74 Å². The van der Waals surface area contributed by atoms with E-state index in [9.17, 15) is 13.2 Å². The maximum absolute atomic E-state index is 12.4. The smallest absolute Gasteiger partial charge is 0.257 e. The van der Waals surface area contributed by atoms with E-state index in [0.29, 0.717) is 23.8 Å². The molecule has 1 amide bonds. The first-order valence-corrected chi connectivity index (χ1v) is 10.7. The summed E-state index contributed by atoms with van der Waals surface area (Å²) in [6.45, 7) is 4.49. The number of hydrogen-bond acceptors (Lipinski definition) is 6. The number of benzene rings is 2. The zero-order valence-corrected chi connectivity index (χ0v) is 16.5. The number of fused-ring (bicyclic) bond motifs is 1. The molecular formula is C18H19N3O4S2. The van der Waals surface area contributed by atoms with E-state index < -0.39 is 10.0 Å². The summed E-state index contributed by atoms with van der Waals surface area (Å²) in [5.74, 6) is 0.399. The Labute approximate surface area is 161 Å². The maximum atomic E-state index is 12.4. The van der Waals surface area contributed by atoms with Gasteiger partial charge in [-0.15, -0.1) is 0 Å². The Morgan fingerprint density at radius 2 is 1.89 bits per heavy atom. The van der Waals surface area contributed by atoms with Crippen molar-refractivity contribution in [1.29, 1.82) is 0 Å². The van der Waals surface area contributed by atoms with Crippen LogP contribution in [0.3, 0.4) is 0 Å². The van der Waals surface area contributed by atoms with Crippen molar-refractivity contribution >= 4 is 42.6 Å². The lowest BCUT2D eigenvalue weighted by atomic mass is 10.2. The molecule has 3 rings (SSSR count). The number of sulfonamides is 1. The highest BCUT2D eigenvalue weighted by molar-refractivity contribution is 7.89. The van der Waals surface area contributed by atoms with Gasteiger partial charge in [0.15, 0.2) is 5.13 Å². The molecule has 0 aliphatic rings. The normalized spacial score (nSPS) is 11.5. The van der Waals surface area contributed by atoms with E-state index >= 15 is 0 Å². The molecule has 0 radical (unpaired) electrons. The molecule has 2 aromatic carbocycles. The van der Waals surface area contributed by atoms with Gasteiger partial charge in [-0.05, 0) is 49.4 Å². The first-order valence-electron chi connectivity index (χ1n) is 8.37. The Balaban J connectivity index is 1.76. The molecule has 142 valence electrons. The first-order chi connectivity index (χ1) is 12.9. The molecule has 1 heterocycles. The molecule has 0 bridgehead atoms. The number of thiazole rings is 1. The molecule has 0 saturated heterocycles. The monoisotopic (exact) mass is 405 g/mol. The Morgan fingerprint density at radius 3 is 2.56 bits per heavy atom. The summed E-state index contributed by atoms with van der Waals surface area (Å²) in [5, 5.41) is 3.21. The zero-order valence-electron chi connectivity index (χ0n) is 14.9. The van der Waals surface area contributed by atoms with Crippen molar-refractivity contribution in [3.05, 3.63) is 48.0 Å². The fraction of sp³-hybridized carbons (Fsp3) is 0.222. The minimum atomic E-state index is -3.54. The number of carbonyl (C=O) groups excluding carboxylic acids is 1. The summed E-state index contributed by atoms with van der Waals surface area (Å²) in [6, 6.07) is 11.3. The molecule has 3 aromatic rings. The van der Waals surface area contributed by atoms with E-state index in [1.165, 1.54) is 35.6 Å². The first kappa shape index (κ1) is 19.3. The summed E-state index contributed by atoms with van der Waals surface area (Å²) in [5.41, 5.74) is 1.12. The van der Waals surface area contributed by atoms with Gasteiger partial charge in [0.05, 0.1) is 21.7 Å². The summed E-state index contributed by atoms with van der Waals surface area (Å²) >= 11 is 1.35. The molecule has 0 saturated carbocycles. The predicted molar refractivity (Wildman–Crippen MR) is 106 cm³/mol. The van der Waals surface area contributed by atoms with Gasteiger partial charge >= 0.3 is 0 Å². The number of nitrogens with zero attached hydrogens (tertiary/aromatic N) is 1. The quantitative estimate of drug-likeness (QED) is 0.629. The topological polar surface area (TPSA) is 97.4 Å². The van der Waals surface area contributed by atoms with Gasteiger partial charge in [-0.25, -0.2) is 18.1 Å². The van der Waals surface area contributed by atoms with Crippen LogP contribution in [-0.2, 0) is 10.0 Å². The van der Waals surface area contributed by atoms with Gasteiger partial charge in [0.1, 0.15) is 5.75 Å². The van der Waals surface area contributed by atoms with Crippen LogP contribution in [0.4, 0.5) is 5.13 Å². The lowest BCUT2D eigenvalue weighted by molar-refractivity contribution is 0.102. The van der Waals surface area contributed by atoms with Crippen LogP contribution in [-0.4, -0.2) is 32.5 Å². The molecule has 0 spiro atoms.